The third kappa shape index (κ3) is 24.1. The Morgan fingerprint density at radius 2 is 0.700 bits per heavy atom. The Morgan fingerprint density at radius 1 is 0.433 bits per heavy atom. The van der Waals surface area contributed by atoms with Crippen LogP contribution in [0.15, 0.2) is 30.3 Å². The zero-order valence-corrected chi connectivity index (χ0v) is 41.9. The highest BCUT2D eigenvalue weighted by Crippen LogP contribution is 2.43. The first-order valence-electron chi connectivity index (χ1n) is 25.9. The van der Waals surface area contributed by atoms with Crippen LogP contribution < -0.4 is 4.90 Å². The number of halogens is 5. The summed E-state index contributed by atoms with van der Waals surface area (Å²) in [6.07, 6.45) is 28.7. The van der Waals surface area contributed by atoms with Crippen LogP contribution >= 0.6 is 0 Å². The fraction of sp³-hybridized carbons (Fsp3) is 0.887. The summed E-state index contributed by atoms with van der Waals surface area (Å²) in [7, 11) is 0.781. The third-order valence-electron chi connectivity index (χ3n) is 15.0. The van der Waals surface area contributed by atoms with Crippen LogP contribution in [0.25, 0.3) is 0 Å². The highest BCUT2D eigenvalue weighted by atomic mass is 19.4. The Bertz CT molecular complexity index is 1020. The van der Waals surface area contributed by atoms with Gasteiger partial charge in [0, 0.05) is 6.15 Å². The maximum Gasteiger partial charge on any atom is 0.515 e. The van der Waals surface area contributed by atoms with Crippen molar-refractivity contribution >= 4 is 11.8 Å². The summed E-state index contributed by atoms with van der Waals surface area (Å²) in [5.74, 6) is 7.36. The Kier molecular flexibility index (Phi) is 31.9. The van der Waals surface area contributed by atoms with Crippen LogP contribution in [0.3, 0.4) is 0 Å². The van der Waals surface area contributed by atoms with Gasteiger partial charge in [-0.3, -0.25) is 0 Å². The summed E-state index contributed by atoms with van der Waals surface area (Å²) in [6, 6.07) is 2.01. The number of quaternary nitrogens is 1. The molecule has 1 aromatic carbocycles. The molecule has 1 aromatic rings. The molecule has 9 atom stereocenters. The highest BCUT2D eigenvalue weighted by Gasteiger charge is 2.66. The Morgan fingerprint density at radius 3 is 0.917 bits per heavy atom. The van der Waals surface area contributed by atoms with Crippen LogP contribution in [0.5, 0.6) is 0 Å². The topological polar surface area (TPSA) is 4.44 Å². The Balaban J connectivity index is 0.00000193. The van der Waals surface area contributed by atoms with E-state index in [0.717, 1.165) is 54.4 Å². The minimum atomic E-state index is -5.55. The van der Waals surface area contributed by atoms with Gasteiger partial charge in [0.2, 0.25) is 0 Å². The van der Waals surface area contributed by atoms with Gasteiger partial charge in [0.1, 0.15) is 5.69 Å². The molecular weight excluding hydrogens is 756 g/mol. The van der Waals surface area contributed by atoms with E-state index < -0.39 is 17.1 Å². The summed E-state index contributed by atoms with van der Waals surface area (Å²) in [4.78, 5) is -0.990. The van der Waals surface area contributed by atoms with Crippen LogP contribution in [0.2, 0.25) is 25.3 Å². The molecule has 0 saturated carbocycles. The quantitative estimate of drug-likeness (QED) is 0.0400. The first kappa shape index (κ1) is 58.9. The maximum atomic E-state index is 12.8. The molecule has 0 bridgehead atoms. The molecule has 60 heavy (non-hydrogen) atoms. The lowest BCUT2D eigenvalue weighted by molar-refractivity contribution is -0.933. The van der Waals surface area contributed by atoms with E-state index in [1.165, 1.54) is 153 Å². The van der Waals surface area contributed by atoms with E-state index in [9.17, 15) is 22.0 Å². The molecule has 0 fully saturated rings. The van der Waals surface area contributed by atoms with Crippen molar-refractivity contribution in [2.24, 2.45) is 47.3 Å². The summed E-state index contributed by atoms with van der Waals surface area (Å²) in [5, 5.41) is 0. The zero-order chi connectivity index (χ0) is 45.8. The Labute approximate surface area is 371 Å². The molecule has 0 amide bonds. The van der Waals surface area contributed by atoms with Gasteiger partial charge in [-0.25, -0.2) is 4.90 Å². The van der Waals surface area contributed by atoms with Crippen molar-refractivity contribution in [3.8, 4) is 0 Å². The molecule has 9 unspecified atom stereocenters. The fourth-order valence-electron chi connectivity index (χ4n) is 11.5. The van der Waals surface area contributed by atoms with Crippen LogP contribution in [-0.2, 0) is 0 Å². The van der Waals surface area contributed by atoms with Crippen LogP contribution in [0.4, 0.5) is 27.6 Å². The van der Waals surface area contributed by atoms with Gasteiger partial charge < -0.3 is 0 Å². The molecule has 1 nitrogen and oxygen atoms in total. The van der Waals surface area contributed by atoms with Crippen molar-refractivity contribution in [3.63, 3.8) is 0 Å². The van der Waals surface area contributed by atoms with E-state index >= 15 is 0 Å². The molecule has 356 valence electrons. The van der Waals surface area contributed by atoms with Crippen molar-refractivity contribution in [2.75, 3.05) is 7.05 Å². The molecule has 1 rings (SSSR count). The number of para-hydroxylation sites is 1. The summed E-state index contributed by atoms with van der Waals surface area (Å²) < 4.78 is 61.7. The van der Waals surface area contributed by atoms with E-state index in [-0.39, 0.29) is 11.8 Å². The molecule has 0 heterocycles. The lowest BCUT2D eigenvalue weighted by Crippen LogP contribution is -3.14. The molecule has 7 heteroatoms. The molecule has 1 N–H and O–H groups in total. The molecule has 0 saturated heterocycles. The van der Waals surface area contributed by atoms with Crippen molar-refractivity contribution in [3.05, 3.63) is 30.3 Å². The molecule has 0 aliphatic heterocycles. The number of rotatable bonds is 34. The lowest BCUT2D eigenvalue weighted by atomic mass is 9.14. The number of benzene rings is 1. The molecule has 0 aromatic heterocycles. The second-order valence-electron chi connectivity index (χ2n) is 20.7. The van der Waals surface area contributed by atoms with E-state index in [1.807, 2.05) is 0 Å². The number of hydrogen-bond donors (Lipinski definition) is 1. The monoisotopic (exact) mass is 858 g/mol. The smallest absolute Gasteiger partial charge is 0.236 e. The van der Waals surface area contributed by atoms with Crippen molar-refractivity contribution in [2.45, 2.75) is 249 Å². The predicted molar refractivity (Wildman–Crippen MR) is 257 cm³/mol. The van der Waals surface area contributed by atoms with E-state index in [2.05, 4.69) is 83.1 Å². The minimum absolute atomic E-state index is 0.111. The van der Waals surface area contributed by atoms with Crippen LogP contribution in [0.1, 0.15) is 212 Å². The molecular formula is C53H101BF5N. The minimum Gasteiger partial charge on any atom is -0.236 e. The van der Waals surface area contributed by atoms with E-state index in [0.29, 0.717) is 0 Å². The van der Waals surface area contributed by atoms with Gasteiger partial charge in [-0.15, -0.1) is 8.78 Å². The molecule has 0 aliphatic carbocycles. The second-order valence-corrected chi connectivity index (χ2v) is 20.7. The van der Waals surface area contributed by atoms with E-state index in [1.54, 1.807) is 31.3 Å². The van der Waals surface area contributed by atoms with Crippen LogP contribution in [-0.4, -0.2) is 25.4 Å². The first-order valence-corrected chi connectivity index (χ1v) is 25.9. The van der Waals surface area contributed by atoms with E-state index in [4.69, 9.17) is 0 Å². The normalized spacial score (nSPS) is 18.0. The second kappa shape index (κ2) is 32.5. The maximum absolute atomic E-state index is 12.8. The SMILES string of the molecule is CCCC(CC)CCC(C)C[B-](CC(C)CCC(CC)CCC)(CC(C)CCC(CC)CCC)CC(C)CCC(CC)CCC.C[NH+](c1ccccc1)C(F)(F)C(F)(F)F. The van der Waals surface area contributed by atoms with Gasteiger partial charge >= 0.3 is 12.2 Å². The van der Waals surface area contributed by atoms with Gasteiger partial charge in [-0.05, 0) is 35.8 Å². The van der Waals surface area contributed by atoms with Gasteiger partial charge in [-0.1, -0.05) is 253 Å². The number of hydrogen-bond acceptors (Lipinski definition) is 0. The molecule has 0 spiro atoms. The molecule has 0 radical (unpaired) electrons. The van der Waals surface area contributed by atoms with Gasteiger partial charge in [-0.2, -0.15) is 38.5 Å². The number of nitrogens with one attached hydrogen (secondary N) is 1. The van der Waals surface area contributed by atoms with Gasteiger partial charge in [0.05, 0.1) is 7.05 Å². The summed E-state index contributed by atoms with van der Waals surface area (Å²) >= 11 is 0. The van der Waals surface area contributed by atoms with Crippen molar-refractivity contribution < 1.29 is 26.9 Å². The lowest BCUT2D eigenvalue weighted by Gasteiger charge is -2.48. The molecule has 0 aliphatic rings. The summed E-state index contributed by atoms with van der Waals surface area (Å²) in [5.41, 5.74) is -0.111. The average Bonchev–Trinajstić information content (AvgIpc) is 3.20. The zero-order valence-electron chi connectivity index (χ0n) is 41.9. The Hall–Kier alpha value is -1.11. The number of alkyl halides is 5. The first-order chi connectivity index (χ1) is 28.3. The standard InChI is InChI=1S/C44H92B.C9H8F5N/c1-13-21-41(17-5)29-25-37(9)33-45(34-38(10)26-30-42(18-6)22-14-2,35-39(11)27-31-43(19-7)23-15-3)36-40(12)28-32-44(20-8)24-16-4;1-15(7-5-3-2-4-6-7)9(13,14)8(10,11)12/h37-44H,13-36H2,1-12H3;2-6H,1H3/q-1;/p+1. The van der Waals surface area contributed by atoms with Gasteiger partial charge in [0.15, 0.2) is 0 Å². The average molecular weight is 858 g/mol. The van der Waals surface area contributed by atoms with Crippen LogP contribution in [0, 0.1) is 47.3 Å². The largest absolute Gasteiger partial charge is 0.515 e. The van der Waals surface area contributed by atoms with Gasteiger partial charge in [0.25, 0.3) is 0 Å². The van der Waals surface area contributed by atoms with Crippen molar-refractivity contribution in [1.82, 2.24) is 0 Å². The highest BCUT2D eigenvalue weighted by molar-refractivity contribution is 6.80. The predicted octanol–water partition coefficient (Wildman–Crippen LogP) is 18.4. The fourth-order valence-corrected chi connectivity index (χ4v) is 11.5. The third-order valence-corrected chi connectivity index (χ3v) is 15.0. The van der Waals surface area contributed by atoms with Crippen molar-refractivity contribution in [1.29, 1.82) is 0 Å². The summed E-state index contributed by atoms with van der Waals surface area (Å²) in [6.45, 7) is 30.0.